The number of hydrogen-bond acceptors (Lipinski definition) is 2. The van der Waals surface area contributed by atoms with E-state index in [4.69, 9.17) is 0 Å². The molecule has 5 atom stereocenters. The predicted molar refractivity (Wildman–Crippen MR) is 83.8 cm³/mol. The van der Waals surface area contributed by atoms with E-state index in [0.717, 1.165) is 32.1 Å². The largest absolute Gasteiger partial charge is 0.393 e. The zero-order chi connectivity index (χ0) is 16.8. The van der Waals surface area contributed by atoms with Crippen LogP contribution in [0.25, 0.3) is 0 Å². The van der Waals surface area contributed by atoms with Crippen LogP contribution in [-0.2, 0) is 0 Å². The van der Waals surface area contributed by atoms with Crippen molar-refractivity contribution in [3.8, 4) is 0 Å². The van der Waals surface area contributed by atoms with E-state index in [1.54, 1.807) is 20.8 Å². The number of rotatable bonds is 5. The third-order valence-electron chi connectivity index (χ3n) is 6.50. The van der Waals surface area contributed by atoms with Gasteiger partial charge in [-0.15, -0.1) is 0 Å². The molecule has 1 unspecified atom stereocenters. The fourth-order valence-corrected chi connectivity index (χ4v) is 5.01. The van der Waals surface area contributed by atoms with E-state index < -0.39 is 17.4 Å². The minimum absolute atomic E-state index is 0.0377. The van der Waals surface area contributed by atoms with Crippen LogP contribution in [0, 0.1) is 23.2 Å². The number of alkyl halides is 2. The van der Waals surface area contributed by atoms with E-state index in [9.17, 15) is 19.0 Å². The van der Waals surface area contributed by atoms with Crippen LogP contribution in [0.4, 0.5) is 8.78 Å². The zero-order valence-corrected chi connectivity index (χ0v) is 14.4. The molecule has 0 heterocycles. The quantitative estimate of drug-likeness (QED) is 0.789. The molecule has 0 aromatic rings. The topological polar surface area (TPSA) is 40.5 Å². The first-order chi connectivity index (χ1) is 9.97. The third kappa shape index (κ3) is 3.48. The molecule has 2 aliphatic rings. The lowest BCUT2D eigenvalue weighted by Crippen LogP contribution is -2.45. The number of aliphatic hydroxyl groups is 2. The average molecular weight is 318 g/mol. The van der Waals surface area contributed by atoms with E-state index >= 15 is 0 Å². The number of aliphatic hydroxyl groups excluding tert-OH is 1. The summed E-state index contributed by atoms with van der Waals surface area (Å²) in [5.74, 6) is -3.32. The molecule has 4 heteroatoms. The fourth-order valence-electron chi connectivity index (χ4n) is 5.01. The summed E-state index contributed by atoms with van der Waals surface area (Å²) in [5, 5.41) is 20.0. The Kier molecular flexibility index (Phi) is 4.95. The van der Waals surface area contributed by atoms with Gasteiger partial charge in [-0.3, -0.25) is 0 Å². The summed E-state index contributed by atoms with van der Waals surface area (Å²) in [7, 11) is 0. The summed E-state index contributed by atoms with van der Waals surface area (Å²) >= 11 is 0. The molecule has 0 amide bonds. The molecule has 2 N–H and O–H groups in total. The Bertz CT molecular complexity index is 391. The number of halogens is 2. The molecule has 22 heavy (non-hydrogen) atoms. The van der Waals surface area contributed by atoms with Crippen molar-refractivity contribution < 1.29 is 19.0 Å². The van der Waals surface area contributed by atoms with Crippen LogP contribution in [-0.4, -0.2) is 27.8 Å². The monoisotopic (exact) mass is 318 g/mol. The maximum absolute atomic E-state index is 14.7. The van der Waals surface area contributed by atoms with E-state index in [1.807, 2.05) is 0 Å². The van der Waals surface area contributed by atoms with Crippen molar-refractivity contribution >= 4 is 0 Å². The van der Waals surface area contributed by atoms with Gasteiger partial charge in [0, 0.05) is 12.3 Å². The normalized spacial score (nSPS) is 37.9. The highest BCUT2D eigenvalue weighted by molar-refractivity contribution is 5.03. The van der Waals surface area contributed by atoms with E-state index in [0.29, 0.717) is 0 Å². The van der Waals surface area contributed by atoms with Crippen molar-refractivity contribution in [2.24, 2.45) is 23.2 Å². The standard InChI is InChI=1S/C18H32F2O2/c1-12(18(19,20)11-10-16(2,3)22)13-7-8-14-15(21)6-5-9-17(13,14)4/h12-15,21-22H,5-11H2,1-4H3/t12?,13-,14+,15+,17-/m1/s1. The lowest BCUT2D eigenvalue weighted by molar-refractivity contribution is -0.121. The number of hydrogen-bond donors (Lipinski definition) is 2. The Hall–Kier alpha value is -0.220. The minimum Gasteiger partial charge on any atom is -0.393 e. The highest BCUT2D eigenvalue weighted by Crippen LogP contribution is 2.59. The molecule has 0 aromatic heterocycles. The van der Waals surface area contributed by atoms with Crippen molar-refractivity contribution in [2.45, 2.75) is 90.3 Å². The van der Waals surface area contributed by atoms with Crippen molar-refractivity contribution in [1.82, 2.24) is 0 Å². The molecule has 0 aliphatic heterocycles. The van der Waals surface area contributed by atoms with Gasteiger partial charge in [-0.2, -0.15) is 0 Å². The van der Waals surface area contributed by atoms with Gasteiger partial charge >= 0.3 is 0 Å². The Morgan fingerprint density at radius 2 is 1.82 bits per heavy atom. The van der Waals surface area contributed by atoms with E-state index in [1.165, 1.54) is 0 Å². The van der Waals surface area contributed by atoms with Crippen LogP contribution in [0.5, 0.6) is 0 Å². The molecule has 130 valence electrons. The van der Waals surface area contributed by atoms with Crippen molar-refractivity contribution in [3.63, 3.8) is 0 Å². The van der Waals surface area contributed by atoms with Crippen LogP contribution >= 0.6 is 0 Å². The molecule has 2 aliphatic carbocycles. The van der Waals surface area contributed by atoms with Gasteiger partial charge < -0.3 is 10.2 Å². The molecule has 0 saturated heterocycles. The average Bonchev–Trinajstić information content (AvgIpc) is 2.73. The highest BCUT2D eigenvalue weighted by atomic mass is 19.3. The molecular weight excluding hydrogens is 286 g/mol. The third-order valence-corrected chi connectivity index (χ3v) is 6.50. The maximum atomic E-state index is 14.7. The van der Waals surface area contributed by atoms with Crippen molar-refractivity contribution in [2.75, 3.05) is 0 Å². The summed E-state index contributed by atoms with van der Waals surface area (Å²) in [5.41, 5.74) is -1.21. The molecule has 2 fully saturated rings. The SMILES string of the molecule is CC([C@H]1CC[C@H]2[C@@H](O)CCC[C@]12C)C(F)(F)CCC(C)(C)O. The second-order valence-corrected chi connectivity index (χ2v) is 8.62. The molecule has 0 radical (unpaired) electrons. The van der Waals surface area contributed by atoms with Gasteiger partial charge in [0.1, 0.15) is 0 Å². The summed E-state index contributed by atoms with van der Waals surface area (Å²) in [4.78, 5) is 0. The van der Waals surface area contributed by atoms with Gasteiger partial charge in [-0.25, -0.2) is 8.78 Å². The van der Waals surface area contributed by atoms with Gasteiger partial charge in [0.25, 0.3) is 5.92 Å². The lowest BCUT2D eigenvalue weighted by Gasteiger charge is -2.46. The molecule has 2 nitrogen and oxygen atoms in total. The first kappa shape index (κ1) is 18.1. The first-order valence-corrected chi connectivity index (χ1v) is 8.76. The van der Waals surface area contributed by atoms with E-state index in [-0.39, 0.29) is 36.2 Å². The minimum atomic E-state index is -2.76. The second-order valence-electron chi connectivity index (χ2n) is 8.62. The molecule has 0 aromatic carbocycles. The van der Waals surface area contributed by atoms with Crippen LogP contribution in [0.1, 0.15) is 72.6 Å². The Balaban J connectivity index is 2.10. The van der Waals surface area contributed by atoms with Crippen molar-refractivity contribution in [3.05, 3.63) is 0 Å². The van der Waals surface area contributed by atoms with Gasteiger partial charge in [-0.1, -0.05) is 20.3 Å². The van der Waals surface area contributed by atoms with Gasteiger partial charge in [0.05, 0.1) is 11.7 Å². The lowest BCUT2D eigenvalue weighted by atomic mass is 9.61. The zero-order valence-electron chi connectivity index (χ0n) is 14.4. The highest BCUT2D eigenvalue weighted by Gasteiger charge is 2.56. The van der Waals surface area contributed by atoms with Crippen LogP contribution in [0.15, 0.2) is 0 Å². The van der Waals surface area contributed by atoms with Gasteiger partial charge in [-0.05, 0) is 63.2 Å². The fraction of sp³-hybridized carbons (Fsp3) is 1.00. The molecule has 0 spiro atoms. The van der Waals surface area contributed by atoms with Gasteiger partial charge in [0.2, 0.25) is 0 Å². The predicted octanol–water partition coefficient (Wildman–Crippen LogP) is 4.39. The second kappa shape index (κ2) is 6.01. The smallest absolute Gasteiger partial charge is 0.251 e. The van der Waals surface area contributed by atoms with Crippen LogP contribution < -0.4 is 0 Å². The summed E-state index contributed by atoms with van der Waals surface area (Å²) in [6, 6.07) is 0. The Morgan fingerprint density at radius 3 is 2.41 bits per heavy atom. The molecule has 0 bridgehead atoms. The first-order valence-electron chi connectivity index (χ1n) is 8.76. The Labute approximate surface area is 133 Å². The summed E-state index contributed by atoms with van der Waals surface area (Å²) in [6.45, 7) is 6.94. The molecule has 2 saturated carbocycles. The Morgan fingerprint density at radius 1 is 1.18 bits per heavy atom. The molecular formula is C18H32F2O2. The number of fused-ring (bicyclic) bond motifs is 1. The van der Waals surface area contributed by atoms with Gasteiger partial charge in [0.15, 0.2) is 0 Å². The maximum Gasteiger partial charge on any atom is 0.251 e. The summed E-state index contributed by atoms with van der Waals surface area (Å²) in [6.07, 6.45) is 3.89. The van der Waals surface area contributed by atoms with E-state index in [2.05, 4.69) is 6.92 Å². The summed E-state index contributed by atoms with van der Waals surface area (Å²) < 4.78 is 29.3. The van der Waals surface area contributed by atoms with Crippen molar-refractivity contribution in [1.29, 1.82) is 0 Å². The molecule has 2 rings (SSSR count). The van der Waals surface area contributed by atoms with Crippen LogP contribution in [0.2, 0.25) is 0 Å². The van der Waals surface area contributed by atoms with Crippen LogP contribution in [0.3, 0.4) is 0 Å².